The van der Waals surface area contributed by atoms with Crippen molar-refractivity contribution in [3.8, 4) is 0 Å². The molecule has 226 valence electrons. The molecule has 2 fully saturated rings. The second-order valence-corrected chi connectivity index (χ2v) is 12.3. The smallest absolute Gasteiger partial charge is 0.312 e. The van der Waals surface area contributed by atoms with Crippen LogP contribution < -0.4 is 11.1 Å². The van der Waals surface area contributed by atoms with Crippen molar-refractivity contribution < 1.29 is 23.5 Å². The number of nitrogens with two attached hydrogens (primary N) is 1. The second kappa shape index (κ2) is 13.4. The number of piperidine rings is 1. The second-order valence-electron chi connectivity index (χ2n) is 12.3. The molecule has 2 unspecified atom stereocenters. The van der Waals surface area contributed by atoms with Crippen molar-refractivity contribution in [1.82, 2.24) is 10.2 Å². The molecule has 42 heavy (non-hydrogen) atoms. The van der Waals surface area contributed by atoms with Gasteiger partial charge in [-0.3, -0.25) is 14.4 Å². The zero-order valence-electron chi connectivity index (χ0n) is 24.7. The van der Waals surface area contributed by atoms with E-state index in [1.54, 1.807) is 17.0 Å². The Morgan fingerprint density at radius 3 is 2.40 bits per heavy atom. The van der Waals surface area contributed by atoms with Crippen LogP contribution in [0, 0.1) is 23.1 Å². The van der Waals surface area contributed by atoms with Gasteiger partial charge in [0.15, 0.2) is 0 Å². The number of aryl methyl sites for hydroxylation is 1. The van der Waals surface area contributed by atoms with Gasteiger partial charge in [0.2, 0.25) is 11.8 Å². The molecule has 0 spiro atoms. The molecule has 2 aliphatic carbocycles. The van der Waals surface area contributed by atoms with Crippen molar-refractivity contribution >= 4 is 17.8 Å². The van der Waals surface area contributed by atoms with E-state index in [1.807, 2.05) is 31.2 Å². The molecule has 1 saturated heterocycles. The predicted octanol–water partition coefficient (Wildman–Crippen LogP) is 4.87. The highest BCUT2D eigenvalue weighted by molar-refractivity contribution is 5.89. The number of hydrogen-bond donors (Lipinski definition) is 2. The van der Waals surface area contributed by atoms with Crippen LogP contribution in [0.25, 0.3) is 0 Å². The maximum absolute atomic E-state index is 14.0. The molecule has 0 bridgehead atoms. The summed E-state index contributed by atoms with van der Waals surface area (Å²) in [5.74, 6) is -1.09. The van der Waals surface area contributed by atoms with Crippen molar-refractivity contribution in [3.63, 3.8) is 0 Å². The minimum absolute atomic E-state index is 0.133. The van der Waals surface area contributed by atoms with E-state index in [4.69, 9.17) is 10.5 Å². The molecule has 8 heteroatoms. The summed E-state index contributed by atoms with van der Waals surface area (Å²) in [5.41, 5.74) is 8.89. The number of benzene rings is 2. The average Bonchev–Trinajstić information content (AvgIpc) is 3.02. The number of carbonyl (C=O) groups excluding carboxylic acids is 3. The number of halogens is 1. The predicted molar refractivity (Wildman–Crippen MR) is 159 cm³/mol. The van der Waals surface area contributed by atoms with Crippen LogP contribution in [0.2, 0.25) is 0 Å². The van der Waals surface area contributed by atoms with E-state index >= 15 is 0 Å². The van der Waals surface area contributed by atoms with Crippen LogP contribution in [0.5, 0.6) is 0 Å². The van der Waals surface area contributed by atoms with Gasteiger partial charge in [-0.15, -0.1) is 0 Å². The van der Waals surface area contributed by atoms with Gasteiger partial charge < -0.3 is 20.7 Å². The van der Waals surface area contributed by atoms with Crippen LogP contribution in [-0.4, -0.2) is 48.4 Å². The Labute approximate surface area is 248 Å². The Morgan fingerprint density at radius 1 is 1.02 bits per heavy atom. The molecular formula is C34H44FN3O4. The van der Waals surface area contributed by atoms with Crippen LogP contribution in [0.4, 0.5) is 4.39 Å². The van der Waals surface area contributed by atoms with E-state index in [0.29, 0.717) is 39.0 Å². The number of amides is 2. The fourth-order valence-electron chi connectivity index (χ4n) is 7.48. The first-order chi connectivity index (χ1) is 20.3. The number of hydrogen-bond acceptors (Lipinski definition) is 5. The zero-order valence-corrected chi connectivity index (χ0v) is 24.7. The Hall–Kier alpha value is -3.26. The number of fused-ring (bicyclic) bond motifs is 1. The molecule has 2 aromatic rings. The topological polar surface area (TPSA) is 102 Å². The molecule has 3 N–H and O–H groups in total. The SMILES string of the molecule is CCOC(=O)C1(C2CCCCC2)CCN(C(=O)[C@@H](Cc2ccc(F)cc2)NC(=O)C2CCc3ccccc3C2N)CC1. The van der Waals surface area contributed by atoms with E-state index in [0.717, 1.165) is 48.8 Å². The van der Waals surface area contributed by atoms with Crippen LogP contribution >= 0.6 is 0 Å². The normalized spacial score (nSPS) is 23.0. The summed E-state index contributed by atoms with van der Waals surface area (Å²) in [4.78, 5) is 42.8. The number of ether oxygens (including phenoxy) is 1. The molecule has 0 aromatic heterocycles. The Kier molecular flexibility index (Phi) is 9.61. The van der Waals surface area contributed by atoms with Gasteiger partial charge in [-0.05, 0) is 80.2 Å². The summed E-state index contributed by atoms with van der Waals surface area (Å²) in [6.07, 6.45) is 8.18. The molecule has 0 radical (unpaired) electrons. The van der Waals surface area contributed by atoms with E-state index in [1.165, 1.54) is 18.6 Å². The van der Waals surface area contributed by atoms with Crippen molar-refractivity contribution in [2.45, 2.75) is 83.2 Å². The average molecular weight is 578 g/mol. The van der Waals surface area contributed by atoms with E-state index in [2.05, 4.69) is 5.32 Å². The molecule has 1 saturated carbocycles. The number of likely N-dealkylation sites (tertiary alicyclic amines) is 1. The van der Waals surface area contributed by atoms with Gasteiger partial charge in [0, 0.05) is 25.6 Å². The Balaban J connectivity index is 1.32. The van der Waals surface area contributed by atoms with E-state index < -0.39 is 23.4 Å². The summed E-state index contributed by atoms with van der Waals surface area (Å²) < 4.78 is 19.2. The summed E-state index contributed by atoms with van der Waals surface area (Å²) in [5, 5.41) is 3.04. The fourth-order valence-corrected chi connectivity index (χ4v) is 7.48. The highest BCUT2D eigenvalue weighted by Gasteiger charge is 2.49. The largest absolute Gasteiger partial charge is 0.466 e. The highest BCUT2D eigenvalue weighted by Crippen LogP contribution is 2.47. The summed E-state index contributed by atoms with van der Waals surface area (Å²) >= 11 is 0. The first-order valence-electron chi connectivity index (χ1n) is 15.7. The lowest BCUT2D eigenvalue weighted by Gasteiger charge is -2.46. The van der Waals surface area contributed by atoms with Gasteiger partial charge in [-0.1, -0.05) is 55.7 Å². The molecule has 3 aliphatic rings. The van der Waals surface area contributed by atoms with Gasteiger partial charge in [0.1, 0.15) is 11.9 Å². The van der Waals surface area contributed by atoms with E-state index in [9.17, 15) is 18.8 Å². The van der Waals surface area contributed by atoms with Crippen molar-refractivity contribution in [2.24, 2.45) is 23.0 Å². The Bertz CT molecular complexity index is 1250. The number of nitrogens with one attached hydrogen (secondary N) is 1. The third-order valence-electron chi connectivity index (χ3n) is 9.91. The van der Waals surface area contributed by atoms with Crippen molar-refractivity contribution in [3.05, 3.63) is 71.0 Å². The highest BCUT2D eigenvalue weighted by atomic mass is 19.1. The monoisotopic (exact) mass is 577 g/mol. The zero-order chi connectivity index (χ0) is 29.7. The van der Waals surface area contributed by atoms with Crippen molar-refractivity contribution in [2.75, 3.05) is 19.7 Å². The molecule has 2 amide bonds. The number of carbonyl (C=O) groups is 3. The number of rotatable bonds is 8. The first kappa shape index (κ1) is 30.2. The summed E-state index contributed by atoms with van der Waals surface area (Å²) in [7, 11) is 0. The van der Waals surface area contributed by atoms with Gasteiger partial charge in [0.05, 0.1) is 17.9 Å². The molecular weight excluding hydrogens is 533 g/mol. The van der Waals surface area contributed by atoms with Crippen LogP contribution in [0.1, 0.15) is 81.0 Å². The van der Waals surface area contributed by atoms with Crippen molar-refractivity contribution in [1.29, 1.82) is 0 Å². The van der Waals surface area contributed by atoms with Crippen LogP contribution in [0.15, 0.2) is 48.5 Å². The molecule has 1 heterocycles. The standard InChI is InChI=1S/C34H44FN3O4/c1-2-42-33(41)34(25-9-4-3-5-10-25)18-20-38(21-19-34)32(40)29(22-23-12-15-26(35)16-13-23)37-31(39)28-17-14-24-8-6-7-11-27(24)30(28)36/h6-8,11-13,15-16,25,28-30H,2-5,9-10,14,17-22,36H2,1H3,(H,37,39)/t28?,29-,30?/m1/s1. The molecule has 3 atom stereocenters. The van der Waals surface area contributed by atoms with Crippen LogP contribution in [0.3, 0.4) is 0 Å². The van der Waals surface area contributed by atoms with Gasteiger partial charge in [-0.2, -0.15) is 0 Å². The maximum Gasteiger partial charge on any atom is 0.312 e. The third-order valence-corrected chi connectivity index (χ3v) is 9.91. The molecule has 1 aliphatic heterocycles. The third kappa shape index (κ3) is 6.38. The molecule has 2 aromatic carbocycles. The lowest BCUT2D eigenvalue weighted by atomic mass is 9.63. The van der Waals surface area contributed by atoms with E-state index in [-0.39, 0.29) is 35.9 Å². The molecule has 5 rings (SSSR count). The lowest BCUT2D eigenvalue weighted by molar-refractivity contribution is -0.166. The minimum Gasteiger partial charge on any atom is -0.466 e. The number of nitrogens with zero attached hydrogens (tertiary/aromatic N) is 1. The quantitative estimate of drug-likeness (QED) is 0.436. The number of esters is 1. The minimum atomic E-state index is -0.822. The fraction of sp³-hybridized carbons (Fsp3) is 0.559. The maximum atomic E-state index is 14.0. The van der Waals surface area contributed by atoms with Crippen LogP contribution in [-0.2, 0) is 32.0 Å². The van der Waals surface area contributed by atoms with Gasteiger partial charge in [0.25, 0.3) is 0 Å². The Morgan fingerprint density at radius 2 is 1.71 bits per heavy atom. The first-order valence-corrected chi connectivity index (χ1v) is 15.7. The van der Waals surface area contributed by atoms with Gasteiger partial charge >= 0.3 is 5.97 Å². The summed E-state index contributed by atoms with van der Waals surface area (Å²) in [6, 6.07) is 12.7. The summed E-state index contributed by atoms with van der Waals surface area (Å²) in [6.45, 7) is 3.04. The lowest BCUT2D eigenvalue weighted by Crippen LogP contribution is -2.56. The van der Waals surface area contributed by atoms with Gasteiger partial charge in [-0.25, -0.2) is 4.39 Å². The molecule has 7 nitrogen and oxygen atoms in total.